The summed E-state index contributed by atoms with van der Waals surface area (Å²) in [4.78, 5) is 0. The number of hydrogen-bond donors (Lipinski definition) is 1. The molecular weight excluding hydrogens is 303 g/mol. The molecule has 0 spiro atoms. The van der Waals surface area contributed by atoms with E-state index in [9.17, 15) is 13.2 Å². The van der Waals surface area contributed by atoms with Gasteiger partial charge in [0.1, 0.15) is 5.75 Å². The molecule has 0 aliphatic heterocycles. The molecule has 1 N–H and O–H groups in total. The average Bonchev–Trinajstić information content (AvgIpc) is 2.45. The van der Waals surface area contributed by atoms with Crippen molar-refractivity contribution >= 4 is 36.2 Å². The SMILES string of the molecule is COc1cc(CO)ccc1-c1ccc(C(F)(F)F)cc1.[AlH3].[LiH]. The standard InChI is InChI=1S/C15H13F3O2.Al.Li.4H/c1-20-14-8-10(9-19)2-7-13(14)11-3-5-12(6-4-11)15(16,17)18;;;;;;/h2-8,19H,9H2,1H3;;;;;;. The van der Waals surface area contributed by atoms with Crippen molar-refractivity contribution in [2.45, 2.75) is 12.8 Å². The van der Waals surface area contributed by atoms with Gasteiger partial charge in [0.2, 0.25) is 0 Å². The number of methoxy groups -OCH3 is 1. The monoisotopic (exact) mass is 320 g/mol. The summed E-state index contributed by atoms with van der Waals surface area (Å²) < 4.78 is 42.7. The molecule has 2 aromatic carbocycles. The average molecular weight is 320 g/mol. The number of aliphatic hydroxyl groups excluding tert-OH is 1. The fourth-order valence-electron chi connectivity index (χ4n) is 1.91. The zero-order valence-electron chi connectivity index (χ0n) is 10.7. The first-order chi connectivity index (χ1) is 9.45. The molecular formula is C15H17AlF3LiO2. The fraction of sp³-hybridized carbons (Fsp3) is 0.200. The van der Waals surface area contributed by atoms with Crippen LogP contribution in [-0.4, -0.2) is 48.4 Å². The van der Waals surface area contributed by atoms with E-state index in [0.717, 1.165) is 12.1 Å². The van der Waals surface area contributed by atoms with Crippen LogP contribution in [0.15, 0.2) is 42.5 Å². The Balaban J connectivity index is 0.00000220. The van der Waals surface area contributed by atoms with E-state index in [2.05, 4.69) is 0 Å². The summed E-state index contributed by atoms with van der Waals surface area (Å²) in [5.74, 6) is 0.510. The van der Waals surface area contributed by atoms with E-state index in [1.807, 2.05) is 0 Å². The normalized spacial score (nSPS) is 10.4. The zero-order valence-corrected chi connectivity index (χ0v) is 10.7. The molecule has 7 heteroatoms. The second kappa shape index (κ2) is 8.67. The van der Waals surface area contributed by atoms with Crippen LogP contribution in [0.3, 0.4) is 0 Å². The van der Waals surface area contributed by atoms with Gasteiger partial charge in [0.25, 0.3) is 0 Å². The van der Waals surface area contributed by atoms with E-state index in [1.165, 1.54) is 19.2 Å². The second-order valence-corrected chi connectivity index (χ2v) is 4.27. The molecule has 0 radical (unpaired) electrons. The Bertz CT molecular complexity index is 601. The summed E-state index contributed by atoms with van der Waals surface area (Å²) in [6, 6.07) is 9.96. The molecule has 0 saturated heterocycles. The second-order valence-electron chi connectivity index (χ2n) is 4.27. The molecule has 0 unspecified atom stereocenters. The van der Waals surface area contributed by atoms with Crippen molar-refractivity contribution in [1.29, 1.82) is 0 Å². The van der Waals surface area contributed by atoms with Crippen LogP contribution in [0.4, 0.5) is 13.2 Å². The molecule has 0 aromatic heterocycles. The minimum atomic E-state index is -4.34. The molecule has 22 heavy (non-hydrogen) atoms. The van der Waals surface area contributed by atoms with Gasteiger partial charge in [0, 0.05) is 5.56 Å². The number of ether oxygens (including phenoxy) is 1. The van der Waals surface area contributed by atoms with E-state index in [0.29, 0.717) is 22.4 Å². The first-order valence-corrected chi connectivity index (χ1v) is 5.91. The molecule has 2 nitrogen and oxygen atoms in total. The van der Waals surface area contributed by atoms with E-state index in [4.69, 9.17) is 9.84 Å². The number of aliphatic hydroxyl groups is 1. The molecule has 0 bridgehead atoms. The van der Waals surface area contributed by atoms with Gasteiger partial charge in [0.05, 0.1) is 19.3 Å². The van der Waals surface area contributed by atoms with Crippen molar-refractivity contribution in [3.05, 3.63) is 53.6 Å². The number of rotatable bonds is 3. The van der Waals surface area contributed by atoms with Crippen molar-refractivity contribution in [3.8, 4) is 16.9 Å². The van der Waals surface area contributed by atoms with Gasteiger partial charge >= 0.3 is 25.0 Å². The molecule has 0 aliphatic carbocycles. The molecule has 114 valence electrons. The Hall–Kier alpha value is -0.880. The number of hydrogen-bond acceptors (Lipinski definition) is 2. The van der Waals surface area contributed by atoms with Crippen molar-refractivity contribution in [2.24, 2.45) is 0 Å². The Kier molecular flexibility index (Phi) is 8.33. The van der Waals surface area contributed by atoms with E-state index in [1.54, 1.807) is 18.2 Å². The van der Waals surface area contributed by atoms with Gasteiger partial charge < -0.3 is 9.84 Å². The predicted octanol–water partition coefficient (Wildman–Crippen LogP) is 2.04. The van der Waals surface area contributed by atoms with Crippen LogP contribution in [0.25, 0.3) is 11.1 Å². The van der Waals surface area contributed by atoms with Crippen LogP contribution < -0.4 is 4.74 Å². The summed E-state index contributed by atoms with van der Waals surface area (Å²) in [6.07, 6.45) is -4.34. The summed E-state index contributed by atoms with van der Waals surface area (Å²) in [5, 5.41) is 9.06. The van der Waals surface area contributed by atoms with Crippen LogP contribution in [0.5, 0.6) is 5.75 Å². The molecule has 2 rings (SSSR count). The van der Waals surface area contributed by atoms with Crippen molar-refractivity contribution < 1.29 is 23.0 Å². The van der Waals surface area contributed by atoms with Gasteiger partial charge in [0.15, 0.2) is 17.4 Å². The summed E-state index contributed by atoms with van der Waals surface area (Å²) in [7, 11) is 1.48. The third-order valence-electron chi connectivity index (χ3n) is 2.97. The third-order valence-corrected chi connectivity index (χ3v) is 2.97. The molecule has 0 atom stereocenters. The minimum absolute atomic E-state index is 0. The molecule has 0 aliphatic rings. The Morgan fingerprint density at radius 2 is 1.64 bits per heavy atom. The first kappa shape index (κ1) is 21.1. The van der Waals surface area contributed by atoms with Crippen LogP contribution >= 0.6 is 0 Å². The van der Waals surface area contributed by atoms with Gasteiger partial charge in [-0.1, -0.05) is 24.3 Å². The quantitative estimate of drug-likeness (QED) is 0.877. The Morgan fingerprint density at radius 1 is 1.05 bits per heavy atom. The predicted molar refractivity (Wildman–Crippen MR) is 86.4 cm³/mol. The van der Waals surface area contributed by atoms with Crippen molar-refractivity contribution in [3.63, 3.8) is 0 Å². The molecule has 2 aromatic rings. The molecule has 0 fully saturated rings. The summed E-state index contributed by atoms with van der Waals surface area (Å²) in [5.41, 5.74) is 1.29. The maximum absolute atomic E-state index is 12.5. The Labute approximate surface area is 149 Å². The molecule has 0 amide bonds. The number of halogens is 3. The van der Waals surface area contributed by atoms with Crippen molar-refractivity contribution in [2.75, 3.05) is 7.11 Å². The molecule has 0 heterocycles. The maximum atomic E-state index is 12.5. The number of alkyl halides is 3. The van der Waals surface area contributed by atoms with Crippen LogP contribution in [0.2, 0.25) is 0 Å². The van der Waals surface area contributed by atoms with Gasteiger partial charge in [-0.25, -0.2) is 0 Å². The van der Waals surface area contributed by atoms with E-state index >= 15 is 0 Å². The summed E-state index contributed by atoms with van der Waals surface area (Å²) >= 11 is 0. The van der Waals surface area contributed by atoms with Crippen LogP contribution in [0.1, 0.15) is 11.1 Å². The third kappa shape index (κ3) is 4.81. The number of benzene rings is 2. The topological polar surface area (TPSA) is 29.5 Å². The zero-order chi connectivity index (χ0) is 14.8. The van der Waals surface area contributed by atoms with Gasteiger partial charge in [-0.05, 0) is 29.3 Å². The molecule has 0 saturated carbocycles. The Morgan fingerprint density at radius 3 is 2.09 bits per heavy atom. The van der Waals surface area contributed by atoms with Gasteiger partial charge in [-0.3, -0.25) is 0 Å². The van der Waals surface area contributed by atoms with Crippen LogP contribution in [0, 0.1) is 0 Å². The van der Waals surface area contributed by atoms with Crippen molar-refractivity contribution in [1.82, 2.24) is 0 Å². The van der Waals surface area contributed by atoms with Gasteiger partial charge in [-0.2, -0.15) is 13.2 Å². The van der Waals surface area contributed by atoms with E-state index in [-0.39, 0.29) is 42.8 Å². The fourth-order valence-corrected chi connectivity index (χ4v) is 1.91. The van der Waals surface area contributed by atoms with E-state index < -0.39 is 11.7 Å². The first-order valence-electron chi connectivity index (χ1n) is 5.91. The summed E-state index contributed by atoms with van der Waals surface area (Å²) in [6.45, 7) is -0.121. The van der Waals surface area contributed by atoms with Crippen LogP contribution in [-0.2, 0) is 12.8 Å². The van der Waals surface area contributed by atoms with Gasteiger partial charge in [-0.15, -0.1) is 0 Å².